The molecular formula is C17H27ClN2O. The SMILES string of the molecule is CCC(C)(C(N)c1ccc(Cl)c(OC)c1)N1CCCCC1. The lowest BCUT2D eigenvalue weighted by Gasteiger charge is -2.47. The molecule has 4 heteroatoms. The number of benzene rings is 1. The zero-order valence-electron chi connectivity index (χ0n) is 13.4. The van der Waals surface area contributed by atoms with Crippen LogP contribution in [0.15, 0.2) is 18.2 Å². The highest BCUT2D eigenvalue weighted by Crippen LogP contribution is 2.37. The Hall–Kier alpha value is -0.770. The molecule has 2 rings (SSSR count). The molecule has 2 unspecified atom stereocenters. The van der Waals surface area contributed by atoms with Crippen molar-refractivity contribution in [2.24, 2.45) is 5.73 Å². The van der Waals surface area contributed by atoms with Gasteiger partial charge in [0.1, 0.15) is 5.75 Å². The highest BCUT2D eigenvalue weighted by atomic mass is 35.5. The van der Waals surface area contributed by atoms with Crippen molar-refractivity contribution >= 4 is 11.6 Å². The number of nitrogens with two attached hydrogens (primary N) is 1. The molecule has 0 amide bonds. The van der Waals surface area contributed by atoms with E-state index in [2.05, 4.69) is 18.7 Å². The topological polar surface area (TPSA) is 38.5 Å². The number of rotatable bonds is 5. The van der Waals surface area contributed by atoms with E-state index in [1.807, 2.05) is 18.2 Å². The highest BCUT2D eigenvalue weighted by molar-refractivity contribution is 6.32. The molecule has 0 aliphatic carbocycles. The summed E-state index contributed by atoms with van der Waals surface area (Å²) in [7, 11) is 1.64. The maximum absolute atomic E-state index is 6.65. The van der Waals surface area contributed by atoms with Crippen molar-refractivity contribution in [1.82, 2.24) is 4.90 Å². The summed E-state index contributed by atoms with van der Waals surface area (Å²) in [6.07, 6.45) is 4.90. The fourth-order valence-corrected chi connectivity index (χ4v) is 3.47. The minimum Gasteiger partial charge on any atom is -0.495 e. The molecule has 2 N–H and O–H groups in total. The van der Waals surface area contributed by atoms with Gasteiger partial charge < -0.3 is 10.5 Å². The molecule has 21 heavy (non-hydrogen) atoms. The van der Waals surface area contributed by atoms with Crippen molar-refractivity contribution in [2.75, 3.05) is 20.2 Å². The lowest BCUT2D eigenvalue weighted by molar-refractivity contribution is 0.0542. The zero-order valence-corrected chi connectivity index (χ0v) is 14.1. The quantitative estimate of drug-likeness (QED) is 0.893. The summed E-state index contributed by atoms with van der Waals surface area (Å²) >= 11 is 6.12. The van der Waals surface area contributed by atoms with Gasteiger partial charge in [-0.3, -0.25) is 4.90 Å². The standard InChI is InChI=1S/C17H27ClN2O/c1-4-17(2,20-10-6-5-7-11-20)16(19)13-8-9-14(18)15(12-13)21-3/h8-9,12,16H,4-7,10-11,19H2,1-3H3. The average molecular weight is 311 g/mol. The summed E-state index contributed by atoms with van der Waals surface area (Å²) < 4.78 is 5.33. The third kappa shape index (κ3) is 3.36. The van der Waals surface area contributed by atoms with Crippen LogP contribution in [0.5, 0.6) is 5.75 Å². The van der Waals surface area contributed by atoms with Crippen LogP contribution in [0.1, 0.15) is 51.1 Å². The van der Waals surface area contributed by atoms with Crippen LogP contribution in [0.4, 0.5) is 0 Å². The monoisotopic (exact) mass is 310 g/mol. The van der Waals surface area contributed by atoms with E-state index >= 15 is 0 Å². The molecule has 1 saturated heterocycles. The van der Waals surface area contributed by atoms with Crippen LogP contribution in [-0.2, 0) is 0 Å². The van der Waals surface area contributed by atoms with Gasteiger partial charge in [0.15, 0.2) is 0 Å². The molecule has 2 atom stereocenters. The van der Waals surface area contributed by atoms with Gasteiger partial charge in [-0.2, -0.15) is 0 Å². The zero-order chi connectivity index (χ0) is 15.5. The van der Waals surface area contributed by atoms with Crippen LogP contribution in [0, 0.1) is 0 Å². The van der Waals surface area contributed by atoms with E-state index in [1.165, 1.54) is 19.3 Å². The molecule has 0 aromatic heterocycles. The van der Waals surface area contributed by atoms with E-state index in [9.17, 15) is 0 Å². The summed E-state index contributed by atoms with van der Waals surface area (Å²) in [4.78, 5) is 2.56. The van der Waals surface area contributed by atoms with Crippen LogP contribution < -0.4 is 10.5 Å². The fourth-order valence-electron chi connectivity index (χ4n) is 3.27. The van der Waals surface area contributed by atoms with Gasteiger partial charge in [-0.05, 0) is 57.0 Å². The van der Waals surface area contributed by atoms with Crippen LogP contribution in [0.3, 0.4) is 0 Å². The van der Waals surface area contributed by atoms with Gasteiger partial charge in [-0.15, -0.1) is 0 Å². The van der Waals surface area contributed by atoms with Crippen molar-refractivity contribution < 1.29 is 4.74 Å². The summed E-state index contributed by atoms with van der Waals surface area (Å²) in [5.74, 6) is 0.696. The molecule has 0 spiro atoms. The first-order valence-electron chi connectivity index (χ1n) is 7.87. The molecule has 1 aromatic rings. The molecule has 0 radical (unpaired) electrons. The van der Waals surface area contributed by atoms with Gasteiger partial charge in [0, 0.05) is 11.6 Å². The van der Waals surface area contributed by atoms with E-state index in [0.717, 1.165) is 25.1 Å². The second-order valence-electron chi connectivity index (χ2n) is 6.13. The van der Waals surface area contributed by atoms with E-state index in [-0.39, 0.29) is 11.6 Å². The lowest BCUT2D eigenvalue weighted by atomic mass is 9.82. The highest BCUT2D eigenvalue weighted by Gasteiger charge is 2.37. The van der Waals surface area contributed by atoms with Crippen LogP contribution in [-0.4, -0.2) is 30.6 Å². The van der Waals surface area contributed by atoms with Gasteiger partial charge in [-0.1, -0.05) is 31.0 Å². The average Bonchev–Trinajstić information content (AvgIpc) is 2.54. The molecule has 1 aliphatic rings. The predicted octanol–water partition coefficient (Wildman–Crippen LogP) is 4.00. The smallest absolute Gasteiger partial charge is 0.137 e. The summed E-state index contributed by atoms with van der Waals surface area (Å²) in [5, 5.41) is 0.629. The van der Waals surface area contributed by atoms with Crippen molar-refractivity contribution in [2.45, 2.75) is 51.1 Å². The number of halogens is 1. The number of ether oxygens (including phenoxy) is 1. The van der Waals surface area contributed by atoms with Gasteiger partial charge in [0.25, 0.3) is 0 Å². The van der Waals surface area contributed by atoms with Gasteiger partial charge >= 0.3 is 0 Å². The van der Waals surface area contributed by atoms with E-state index < -0.39 is 0 Å². The van der Waals surface area contributed by atoms with E-state index in [4.69, 9.17) is 22.1 Å². The van der Waals surface area contributed by atoms with E-state index in [1.54, 1.807) is 7.11 Å². The molecule has 1 heterocycles. The molecule has 1 fully saturated rings. The minimum absolute atomic E-state index is 0.0285. The third-order valence-corrected chi connectivity index (χ3v) is 5.31. The minimum atomic E-state index is -0.0493. The fraction of sp³-hybridized carbons (Fsp3) is 0.647. The number of hydrogen-bond donors (Lipinski definition) is 1. The first kappa shape index (κ1) is 16.6. The first-order valence-corrected chi connectivity index (χ1v) is 8.24. The van der Waals surface area contributed by atoms with Crippen LogP contribution in [0.25, 0.3) is 0 Å². The molecule has 118 valence electrons. The Morgan fingerprint density at radius 2 is 2.00 bits per heavy atom. The molecular weight excluding hydrogens is 284 g/mol. The number of methoxy groups -OCH3 is 1. The van der Waals surface area contributed by atoms with Crippen LogP contribution in [0.2, 0.25) is 5.02 Å². The summed E-state index contributed by atoms with van der Waals surface area (Å²) in [5.41, 5.74) is 7.71. The number of nitrogens with zero attached hydrogens (tertiary/aromatic N) is 1. The largest absolute Gasteiger partial charge is 0.495 e. The molecule has 1 aliphatic heterocycles. The normalized spacial score (nSPS) is 20.8. The Balaban J connectivity index is 2.28. The van der Waals surface area contributed by atoms with E-state index in [0.29, 0.717) is 10.8 Å². The van der Waals surface area contributed by atoms with Crippen molar-refractivity contribution in [3.05, 3.63) is 28.8 Å². The molecule has 3 nitrogen and oxygen atoms in total. The second-order valence-corrected chi connectivity index (χ2v) is 6.54. The maximum Gasteiger partial charge on any atom is 0.137 e. The Morgan fingerprint density at radius 3 is 2.57 bits per heavy atom. The molecule has 0 bridgehead atoms. The maximum atomic E-state index is 6.65. The predicted molar refractivity (Wildman–Crippen MR) is 89.1 cm³/mol. The Labute approximate surface area is 133 Å². The Morgan fingerprint density at radius 1 is 1.33 bits per heavy atom. The van der Waals surface area contributed by atoms with Gasteiger partial charge in [0.2, 0.25) is 0 Å². The van der Waals surface area contributed by atoms with Crippen molar-refractivity contribution in [3.8, 4) is 5.75 Å². The summed E-state index contributed by atoms with van der Waals surface area (Å²) in [6.45, 7) is 6.79. The second kappa shape index (κ2) is 6.99. The third-order valence-electron chi connectivity index (χ3n) is 5.00. The Bertz CT molecular complexity index is 474. The Kier molecular flexibility index (Phi) is 5.53. The molecule has 1 aromatic carbocycles. The van der Waals surface area contributed by atoms with Crippen molar-refractivity contribution in [3.63, 3.8) is 0 Å². The first-order chi connectivity index (χ1) is 10.0. The summed E-state index contributed by atoms with van der Waals surface area (Å²) in [6, 6.07) is 5.83. The van der Waals surface area contributed by atoms with Gasteiger partial charge in [-0.25, -0.2) is 0 Å². The molecule has 0 saturated carbocycles. The number of hydrogen-bond acceptors (Lipinski definition) is 3. The number of likely N-dealkylation sites (tertiary alicyclic amines) is 1. The van der Waals surface area contributed by atoms with Gasteiger partial charge in [0.05, 0.1) is 12.1 Å². The van der Waals surface area contributed by atoms with Crippen LogP contribution >= 0.6 is 11.6 Å². The van der Waals surface area contributed by atoms with Crippen molar-refractivity contribution in [1.29, 1.82) is 0 Å². The lowest BCUT2D eigenvalue weighted by Crippen LogP contribution is -2.54. The number of piperidine rings is 1.